The first-order valence-corrected chi connectivity index (χ1v) is 10.7. The minimum absolute atomic E-state index is 0.0174. The van der Waals surface area contributed by atoms with Crippen molar-refractivity contribution in [1.29, 1.82) is 0 Å². The zero-order chi connectivity index (χ0) is 22.9. The standard InChI is InChI=1S/C23H28N4O5/c1-23(2,31)5-7-27-14-15-12-18(25-21(29)16-4-3-6-24-20(16)28)19(13-17(15)22(27)30)26-8-10-32-11-9-26/h3-4,6,12-13,31H,5,7-11,14H2,1-2H3,(H,24,28)(H,25,29). The molecule has 0 atom stereocenters. The van der Waals surface area contributed by atoms with Gasteiger partial charge in [-0.3, -0.25) is 14.4 Å². The fraction of sp³-hybridized carbons (Fsp3) is 0.435. The molecule has 0 spiro atoms. The molecule has 32 heavy (non-hydrogen) atoms. The van der Waals surface area contributed by atoms with Gasteiger partial charge in [-0.15, -0.1) is 0 Å². The van der Waals surface area contributed by atoms with Crippen LogP contribution in [0.5, 0.6) is 0 Å². The summed E-state index contributed by atoms with van der Waals surface area (Å²) in [5.74, 6) is -0.597. The number of aromatic amines is 1. The van der Waals surface area contributed by atoms with Crippen LogP contribution in [0.1, 0.15) is 46.5 Å². The monoisotopic (exact) mass is 440 g/mol. The van der Waals surface area contributed by atoms with Crippen LogP contribution in [0.4, 0.5) is 11.4 Å². The van der Waals surface area contributed by atoms with Crippen molar-refractivity contribution in [2.24, 2.45) is 0 Å². The topological polar surface area (TPSA) is 115 Å². The number of carbonyl (C=O) groups excluding carboxylic acids is 2. The number of anilines is 2. The number of carbonyl (C=O) groups is 2. The molecule has 9 nitrogen and oxygen atoms in total. The minimum atomic E-state index is -0.865. The van der Waals surface area contributed by atoms with Crippen molar-refractivity contribution >= 4 is 23.2 Å². The van der Waals surface area contributed by atoms with E-state index in [9.17, 15) is 19.5 Å². The Morgan fingerprint density at radius 3 is 2.69 bits per heavy atom. The summed E-state index contributed by atoms with van der Waals surface area (Å²) in [4.78, 5) is 44.2. The Bertz CT molecular complexity index is 1080. The fourth-order valence-corrected chi connectivity index (χ4v) is 3.96. The average molecular weight is 441 g/mol. The van der Waals surface area contributed by atoms with Gasteiger partial charge >= 0.3 is 0 Å². The van der Waals surface area contributed by atoms with Gasteiger partial charge in [-0.25, -0.2) is 0 Å². The Balaban J connectivity index is 1.66. The number of aliphatic hydroxyl groups is 1. The molecule has 0 saturated carbocycles. The summed E-state index contributed by atoms with van der Waals surface area (Å²) < 4.78 is 5.45. The maximum atomic E-state index is 13.0. The largest absolute Gasteiger partial charge is 0.390 e. The molecule has 1 aromatic heterocycles. The summed E-state index contributed by atoms with van der Waals surface area (Å²) in [5.41, 5.74) is 1.37. The van der Waals surface area contributed by atoms with E-state index in [1.165, 1.54) is 12.3 Å². The first-order chi connectivity index (χ1) is 15.2. The van der Waals surface area contributed by atoms with E-state index >= 15 is 0 Å². The average Bonchev–Trinajstić information content (AvgIpc) is 3.07. The molecule has 2 aliphatic heterocycles. The van der Waals surface area contributed by atoms with E-state index in [0.29, 0.717) is 57.1 Å². The van der Waals surface area contributed by atoms with Crippen LogP contribution in [0.15, 0.2) is 35.3 Å². The molecule has 2 aromatic rings. The van der Waals surface area contributed by atoms with Crippen LogP contribution in [0.3, 0.4) is 0 Å². The van der Waals surface area contributed by atoms with Crippen molar-refractivity contribution in [2.45, 2.75) is 32.4 Å². The predicted octanol–water partition coefficient (Wildman–Crippen LogP) is 1.58. The van der Waals surface area contributed by atoms with Crippen molar-refractivity contribution in [3.05, 3.63) is 57.5 Å². The number of aromatic nitrogens is 1. The number of morpholine rings is 1. The fourth-order valence-electron chi connectivity index (χ4n) is 3.96. The lowest BCUT2D eigenvalue weighted by molar-refractivity contribution is 0.0517. The number of ether oxygens (including phenoxy) is 1. The molecular formula is C23H28N4O5. The van der Waals surface area contributed by atoms with Gasteiger partial charge in [0.25, 0.3) is 17.4 Å². The van der Waals surface area contributed by atoms with E-state index in [1.807, 2.05) is 12.1 Å². The van der Waals surface area contributed by atoms with Gasteiger partial charge in [0.05, 0.1) is 30.2 Å². The van der Waals surface area contributed by atoms with Crippen molar-refractivity contribution in [3.8, 4) is 0 Å². The number of H-pyrrole nitrogens is 1. The summed E-state index contributed by atoms with van der Waals surface area (Å²) in [7, 11) is 0. The Morgan fingerprint density at radius 2 is 2.00 bits per heavy atom. The number of nitrogens with one attached hydrogen (secondary N) is 2. The van der Waals surface area contributed by atoms with Crippen molar-refractivity contribution in [2.75, 3.05) is 43.1 Å². The first-order valence-electron chi connectivity index (χ1n) is 10.7. The number of hydrogen-bond acceptors (Lipinski definition) is 6. The molecule has 2 amide bonds. The molecule has 0 unspecified atom stereocenters. The number of nitrogens with zero attached hydrogens (tertiary/aromatic N) is 2. The highest BCUT2D eigenvalue weighted by Gasteiger charge is 2.31. The van der Waals surface area contributed by atoms with Gasteiger partial charge in [0.15, 0.2) is 0 Å². The highest BCUT2D eigenvalue weighted by Crippen LogP contribution is 2.35. The lowest BCUT2D eigenvalue weighted by Gasteiger charge is -2.31. The van der Waals surface area contributed by atoms with Crippen molar-refractivity contribution in [1.82, 2.24) is 9.88 Å². The van der Waals surface area contributed by atoms with Crippen LogP contribution in [0, 0.1) is 0 Å². The van der Waals surface area contributed by atoms with Crippen LogP contribution in [0.2, 0.25) is 0 Å². The number of benzene rings is 1. The third-order valence-electron chi connectivity index (χ3n) is 5.76. The summed E-state index contributed by atoms with van der Waals surface area (Å²) in [6.07, 6.45) is 1.94. The highest BCUT2D eigenvalue weighted by atomic mass is 16.5. The number of hydrogen-bond donors (Lipinski definition) is 3. The van der Waals surface area contributed by atoms with Crippen LogP contribution >= 0.6 is 0 Å². The van der Waals surface area contributed by atoms with Gasteiger partial charge in [-0.2, -0.15) is 0 Å². The third-order valence-corrected chi connectivity index (χ3v) is 5.76. The quantitative estimate of drug-likeness (QED) is 0.628. The lowest BCUT2D eigenvalue weighted by atomic mass is 10.1. The van der Waals surface area contributed by atoms with E-state index in [-0.39, 0.29) is 11.5 Å². The highest BCUT2D eigenvalue weighted by molar-refractivity contribution is 6.07. The van der Waals surface area contributed by atoms with E-state index in [0.717, 1.165) is 11.3 Å². The van der Waals surface area contributed by atoms with E-state index in [2.05, 4.69) is 15.2 Å². The minimum Gasteiger partial charge on any atom is -0.390 e. The van der Waals surface area contributed by atoms with E-state index < -0.39 is 17.1 Å². The molecule has 1 fully saturated rings. The molecule has 0 bridgehead atoms. The molecule has 2 aliphatic rings. The molecule has 0 aliphatic carbocycles. The SMILES string of the molecule is CC(C)(O)CCN1Cc2cc(NC(=O)c3ccc[nH]c3=O)c(N3CCOCC3)cc2C1=O. The van der Waals surface area contributed by atoms with Crippen LogP contribution in [0.25, 0.3) is 0 Å². The van der Waals surface area contributed by atoms with Gasteiger partial charge in [0, 0.05) is 37.9 Å². The van der Waals surface area contributed by atoms with Crippen molar-refractivity contribution in [3.63, 3.8) is 0 Å². The molecule has 3 N–H and O–H groups in total. The number of pyridine rings is 1. The maximum absolute atomic E-state index is 13.0. The molecule has 4 rings (SSSR count). The normalized spacial score (nSPS) is 16.3. The Labute approximate surface area is 186 Å². The number of amides is 2. The van der Waals surface area contributed by atoms with Gasteiger partial charge in [-0.05, 0) is 50.1 Å². The van der Waals surface area contributed by atoms with Crippen molar-refractivity contribution < 1.29 is 19.4 Å². The van der Waals surface area contributed by atoms with E-state index in [1.54, 1.807) is 24.8 Å². The third kappa shape index (κ3) is 4.68. The zero-order valence-corrected chi connectivity index (χ0v) is 18.3. The number of rotatable bonds is 6. The molecular weight excluding hydrogens is 412 g/mol. The number of fused-ring (bicyclic) bond motifs is 1. The second-order valence-corrected chi connectivity index (χ2v) is 8.78. The maximum Gasteiger partial charge on any atom is 0.261 e. The van der Waals surface area contributed by atoms with Crippen LogP contribution in [-0.2, 0) is 11.3 Å². The molecule has 170 valence electrons. The van der Waals surface area contributed by atoms with Gasteiger partial charge in [0.2, 0.25) is 0 Å². The van der Waals surface area contributed by atoms with E-state index in [4.69, 9.17) is 4.74 Å². The second kappa shape index (κ2) is 8.76. The van der Waals surface area contributed by atoms with Gasteiger partial charge in [0.1, 0.15) is 5.56 Å². The summed E-state index contributed by atoms with van der Waals surface area (Å²) in [6, 6.07) is 6.70. The first kappa shape index (κ1) is 22.0. The Morgan fingerprint density at radius 1 is 1.25 bits per heavy atom. The van der Waals surface area contributed by atoms with Crippen LogP contribution in [-0.4, -0.2) is 65.3 Å². The van der Waals surface area contributed by atoms with Gasteiger partial charge in [-0.1, -0.05) is 0 Å². The summed E-state index contributed by atoms with van der Waals surface area (Å²) in [5, 5.41) is 12.9. The Hall–Kier alpha value is -3.17. The smallest absolute Gasteiger partial charge is 0.261 e. The molecule has 1 saturated heterocycles. The Kier molecular flexibility index (Phi) is 6.03. The lowest BCUT2D eigenvalue weighted by Crippen LogP contribution is -2.37. The molecule has 9 heteroatoms. The predicted molar refractivity (Wildman–Crippen MR) is 120 cm³/mol. The molecule has 3 heterocycles. The van der Waals surface area contributed by atoms with Crippen LogP contribution < -0.4 is 15.8 Å². The zero-order valence-electron chi connectivity index (χ0n) is 18.3. The molecule has 1 aromatic carbocycles. The summed E-state index contributed by atoms with van der Waals surface area (Å²) in [6.45, 7) is 6.64. The molecule has 0 radical (unpaired) electrons. The summed E-state index contributed by atoms with van der Waals surface area (Å²) >= 11 is 0. The second-order valence-electron chi connectivity index (χ2n) is 8.78. The van der Waals surface area contributed by atoms with Gasteiger partial charge < -0.3 is 29.9 Å².